The van der Waals surface area contributed by atoms with Gasteiger partial charge in [-0.2, -0.15) is 18.2 Å². The van der Waals surface area contributed by atoms with Crippen LogP contribution in [0.5, 0.6) is 0 Å². The van der Waals surface area contributed by atoms with Gasteiger partial charge < -0.3 is 18.7 Å². The van der Waals surface area contributed by atoms with Gasteiger partial charge in [0.15, 0.2) is 14.2 Å². The van der Waals surface area contributed by atoms with Gasteiger partial charge in [0, 0.05) is 17.0 Å². The van der Waals surface area contributed by atoms with E-state index in [2.05, 4.69) is 10.1 Å². The monoisotopic (exact) mass is 494 g/mol. The number of rotatable bonds is 10. The molecule has 1 unspecified atom stereocenters. The molecule has 2 aromatic rings. The second kappa shape index (κ2) is 12.0. The highest BCUT2D eigenvalue weighted by molar-refractivity contribution is 8.00. The van der Waals surface area contributed by atoms with E-state index in [0.717, 1.165) is 18.4 Å². The number of aromatic nitrogens is 2. The zero-order valence-electron chi connectivity index (χ0n) is 18.0. The average Bonchev–Trinajstić information content (AvgIpc) is 3.40. The first-order chi connectivity index (χ1) is 15.2. The zero-order chi connectivity index (χ0) is 23.8. The fourth-order valence-corrected chi connectivity index (χ4v) is 5.08. The lowest BCUT2D eigenvalue weighted by molar-refractivity contribution is -0.122. The average molecular weight is 494 g/mol. The van der Waals surface area contributed by atoms with Crippen LogP contribution < -0.4 is 0 Å². The van der Waals surface area contributed by atoms with Gasteiger partial charge in [-0.15, -0.1) is 0 Å². The fourth-order valence-electron chi connectivity index (χ4n) is 3.15. The van der Waals surface area contributed by atoms with Crippen molar-refractivity contribution in [3.63, 3.8) is 0 Å². The summed E-state index contributed by atoms with van der Waals surface area (Å²) in [6.45, 7) is 6.81. The minimum Gasteiger partial charge on any atom is -0.483 e. The molecule has 0 bridgehead atoms. The topological polar surface area (TPSA) is 94.7 Å². The highest BCUT2D eigenvalue weighted by Gasteiger charge is 2.50. The molecule has 0 spiro atoms. The summed E-state index contributed by atoms with van der Waals surface area (Å²) >= 11 is -0.114. The first-order valence-corrected chi connectivity index (χ1v) is 12.1. The van der Waals surface area contributed by atoms with Crippen molar-refractivity contribution in [3.8, 4) is 0 Å². The first-order valence-electron chi connectivity index (χ1n) is 10.0. The van der Waals surface area contributed by atoms with Crippen LogP contribution in [0.2, 0.25) is 0 Å². The molecule has 32 heavy (non-hydrogen) atoms. The summed E-state index contributed by atoms with van der Waals surface area (Å²) in [7, 11) is -1.03. The van der Waals surface area contributed by atoms with Crippen molar-refractivity contribution in [2.45, 2.75) is 61.5 Å². The lowest BCUT2D eigenvalue weighted by Gasteiger charge is -2.21. The number of alkyl halides is 3. The van der Waals surface area contributed by atoms with E-state index in [1.165, 1.54) is 12.1 Å². The Hall–Kier alpha value is -1.68. The maximum atomic E-state index is 12.5. The molecule has 0 amide bonds. The minimum atomic E-state index is -4.29. The van der Waals surface area contributed by atoms with Gasteiger partial charge in [-0.25, -0.2) is 0 Å². The van der Waals surface area contributed by atoms with Gasteiger partial charge in [-0.1, -0.05) is 24.2 Å². The number of carbonyl (C=O) groups is 1. The number of nitrogens with zero attached hydrogens (tertiary/aromatic N) is 2. The molecule has 0 radical (unpaired) electrons. The van der Waals surface area contributed by atoms with Crippen LogP contribution >= 0.6 is 20.1 Å². The summed E-state index contributed by atoms with van der Waals surface area (Å²) in [6, 6.07) is 6.44. The van der Waals surface area contributed by atoms with Gasteiger partial charge in [0.05, 0.1) is 18.6 Å². The van der Waals surface area contributed by atoms with Crippen molar-refractivity contribution >= 4 is 26.6 Å². The van der Waals surface area contributed by atoms with Crippen LogP contribution in [-0.4, -0.2) is 46.1 Å². The number of hydrogen-bond donors (Lipinski definition) is 1. The molecule has 1 heterocycles. The van der Waals surface area contributed by atoms with Crippen LogP contribution in [0.1, 0.15) is 50.9 Å². The molecular formula is C20H26F3N2O5PS. The fraction of sp³-hybridized carbons (Fsp3) is 0.550. The van der Waals surface area contributed by atoms with Crippen molar-refractivity contribution in [3.05, 3.63) is 41.5 Å². The second-order valence-corrected chi connectivity index (χ2v) is 10.1. The maximum Gasteiger partial charge on any atom is 0.446 e. The number of hydrogen-bond acceptors (Lipinski definition) is 7. The van der Waals surface area contributed by atoms with E-state index in [1.807, 2.05) is 20.8 Å². The summed E-state index contributed by atoms with van der Waals surface area (Å²) in [5.74, 6) is 1.11. The molecular weight excluding hydrogens is 468 g/mol. The lowest BCUT2D eigenvalue weighted by Crippen LogP contribution is -2.12. The van der Waals surface area contributed by atoms with E-state index in [9.17, 15) is 13.2 Å². The molecule has 1 N–H and O–H groups in total. The SMILES string of the molecule is CCOP(OCC)C(C)Cc1nc(C2(c3ccc(SC(F)(F)F)cc3)CC2)no1.O=CO. The van der Waals surface area contributed by atoms with E-state index in [-0.39, 0.29) is 34.2 Å². The van der Waals surface area contributed by atoms with E-state index in [1.54, 1.807) is 12.1 Å². The highest BCUT2D eigenvalue weighted by Crippen LogP contribution is 2.53. The minimum absolute atomic E-state index is 0.104. The smallest absolute Gasteiger partial charge is 0.446 e. The summed E-state index contributed by atoms with van der Waals surface area (Å²) in [6.07, 6.45) is 2.24. The summed E-state index contributed by atoms with van der Waals surface area (Å²) in [5.41, 5.74) is -3.64. The molecule has 178 valence electrons. The van der Waals surface area contributed by atoms with Crippen LogP contribution in [-0.2, 0) is 25.7 Å². The van der Waals surface area contributed by atoms with Gasteiger partial charge in [0.25, 0.3) is 6.47 Å². The molecule has 0 saturated heterocycles. The van der Waals surface area contributed by atoms with Gasteiger partial charge in [0.2, 0.25) is 5.89 Å². The Morgan fingerprint density at radius 2 is 1.81 bits per heavy atom. The van der Waals surface area contributed by atoms with Gasteiger partial charge >= 0.3 is 5.51 Å². The first kappa shape index (κ1) is 26.6. The quantitative estimate of drug-likeness (QED) is 0.252. The number of thioether (sulfide) groups is 1. The van der Waals surface area contributed by atoms with Crippen LogP contribution in [0.3, 0.4) is 0 Å². The Morgan fingerprint density at radius 1 is 1.25 bits per heavy atom. The van der Waals surface area contributed by atoms with Crippen LogP contribution in [0.15, 0.2) is 33.7 Å². The third-order valence-corrected chi connectivity index (χ3v) is 7.30. The van der Waals surface area contributed by atoms with E-state index < -0.39 is 13.9 Å². The normalized spacial score (nSPS) is 15.7. The lowest BCUT2D eigenvalue weighted by atomic mass is 9.95. The summed E-state index contributed by atoms with van der Waals surface area (Å²) < 4.78 is 54.4. The second-order valence-electron chi connectivity index (χ2n) is 6.95. The summed E-state index contributed by atoms with van der Waals surface area (Å²) in [4.78, 5) is 13.1. The highest BCUT2D eigenvalue weighted by atomic mass is 32.2. The number of benzene rings is 1. The molecule has 7 nitrogen and oxygen atoms in total. The Morgan fingerprint density at radius 3 is 2.28 bits per heavy atom. The van der Waals surface area contributed by atoms with Crippen LogP contribution in [0.25, 0.3) is 0 Å². The van der Waals surface area contributed by atoms with Crippen molar-refractivity contribution < 1.29 is 36.6 Å². The van der Waals surface area contributed by atoms with Crippen LogP contribution in [0.4, 0.5) is 13.2 Å². The molecule has 1 aromatic carbocycles. The predicted octanol–water partition coefficient (Wildman–Crippen LogP) is 5.78. The third kappa shape index (κ3) is 7.43. The molecule has 1 aliphatic carbocycles. The van der Waals surface area contributed by atoms with E-state index in [0.29, 0.717) is 31.3 Å². The van der Waals surface area contributed by atoms with Crippen molar-refractivity contribution in [2.24, 2.45) is 0 Å². The molecule has 1 saturated carbocycles. The molecule has 12 heteroatoms. The molecule has 3 rings (SSSR count). The predicted molar refractivity (Wildman–Crippen MR) is 115 cm³/mol. The largest absolute Gasteiger partial charge is 0.483 e. The standard InChI is InChI=1S/C19H24F3N2O3PS.CH2O2/c1-4-25-28(26-5-2)13(3)12-16-23-17(24-27-16)18(10-11-18)14-6-8-15(9-7-14)29-19(20,21)22;2-1-3/h6-9,13H,4-5,10-12H2,1-3H3;1H,(H,2,3). The molecule has 1 aromatic heterocycles. The Balaban J connectivity index is 0.00000114. The van der Waals surface area contributed by atoms with Crippen molar-refractivity contribution in [1.29, 1.82) is 0 Å². The maximum absolute atomic E-state index is 12.5. The molecule has 1 aliphatic rings. The van der Waals surface area contributed by atoms with Crippen molar-refractivity contribution in [1.82, 2.24) is 10.1 Å². The van der Waals surface area contributed by atoms with Crippen LogP contribution in [0, 0.1) is 0 Å². The Kier molecular flexibility index (Phi) is 9.94. The Bertz CT molecular complexity index is 841. The summed E-state index contributed by atoms with van der Waals surface area (Å²) in [5, 5.41) is 11.1. The van der Waals surface area contributed by atoms with Gasteiger partial charge in [-0.05, 0) is 56.1 Å². The van der Waals surface area contributed by atoms with Crippen molar-refractivity contribution in [2.75, 3.05) is 13.2 Å². The molecule has 1 atom stereocenters. The third-order valence-electron chi connectivity index (χ3n) is 4.63. The number of carboxylic acid groups (broad SMARTS) is 1. The molecule has 1 fully saturated rings. The number of halogens is 3. The van der Waals surface area contributed by atoms with E-state index >= 15 is 0 Å². The Labute approximate surface area is 190 Å². The zero-order valence-corrected chi connectivity index (χ0v) is 19.7. The molecule has 0 aliphatic heterocycles. The van der Waals surface area contributed by atoms with E-state index in [4.69, 9.17) is 23.5 Å². The van der Waals surface area contributed by atoms with Gasteiger partial charge in [0.1, 0.15) is 0 Å². The van der Waals surface area contributed by atoms with Gasteiger partial charge in [-0.3, -0.25) is 4.79 Å².